The minimum Gasteiger partial charge on any atom is -0.322 e. The lowest BCUT2D eigenvalue weighted by Gasteiger charge is -2.12. The van der Waals surface area contributed by atoms with E-state index in [4.69, 9.17) is 0 Å². The maximum absolute atomic E-state index is 12.6. The fourth-order valence-electron chi connectivity index (χ4n) is 3.11. The van der Waals surface area contributed by atoms with Crippen molar-refractivity contribution in [3.8, 4) is 0 Å². The zero-order chi connectivity index (χ0) is 19.6. The van der Waals surface area contributed by atoms with Crippen molar-refractivity contribution in [3.63, 3.8) is 0 Å². The summed E-state index contributed by atoms with van der Waals surface area (Å²) in [6.45, 7) is 6.64. The van der Waals surface area contributed by atoms with Gasteiger partial charge >= 0.3 is 0 Å². The molecular formula is C22H24N2O3. The van der Waals surface area contributed by atoms with Crippen molar-refractivity contribution >= 4 is 23.4 Å². The molecule has 1 heterocycles. The van der Waals surface area contributed by atoms with Crippen molar-refractivity contribution in [1.82, 2.24) is 4.90 Å². The van der Waals surface area contributed by atoms with E-state index in [0.29, 0.717) is 34.8 Å². The second-order valence-electron chi connectivity index (χ2n) is 7.11. The average Bonchev–Trinajstić information content (AvgIpc) is 2.90. The van der Waals surface area contributed by atoms with E-state index in [2.05, 4.69) is 19.2 Å². The SMILES string of the molecule is CCCCN1C(=O)c2ccc(C(=O)Nc3ccc(C(C)C)cc3)cc2C1=O. The number of hydrogen-bond donors (Lipinski definition) is 1. The van der Waals surface area contributed by atoms with Crippen LogP contribution in [0, 0.1) is 0 Å². The number of rotatable bonds is 6. The van der Waals surface area contributed by atoms with E-state index in [9.17, 15) is 14.4 Å². The molecule has 0 saturated carbocycles. The summed E-state index contributed by atoms with van der Waals surface area (Å²) >= 11 is 0. The molecule has 0 aromatic heterocycles. The van der Waals surface area contributed by atoms with Gasteiger partial charge in [-0.15, -0.1) is 0 Å². The first kappa shape index (κ1) is 18.8. The van der Waals surface area contributed by atoms with E-state index in [1.165, 1.54) is 16.5 Å². The highest BCUT2D eigenvalue weighted by molar-refractivity contribution is 6.22. The smallest absolute Gasteiger partial charge is 0.261 e. The summed E-state index contributed by atoms with van der Waals surface area (Å²) in [5, 5.41) is 2.84. The molecule has 0 saturated heterocycles. The van der Waals surface area contributed by atoms with Crippen LogP contribution in [0.2, 0.25) is 0 Å². The van der Waals surface area contributed by atoms with Crippen LogP contribution in [0.25, 0.3) is 0 Å². The molecule has 2 aromatic carbocycles. The monoisotopic (exact) mass is 364 g/mol. The highest BCUT2D eigenvalue weighted by atomic mass is 16.2. The number of amides is 3. The van der Waals surface area contributed by atoms with Gasteiger partial charge in [-0.1, -0.05) is 39.3 Å². The van der Waals surface area contributed by atoms with Gasteiger partial charge in [-0.2, -0.15) is 0 Å². The van der Waals surface area contributed by atoms with Gasteiger partial charge in [-0.05, 0) is 48.2 Å². The quantitative estimate of drug-likeness (QED) is 0.770. The molecule has 0 bridgehead atoms. The fraction of sp³-hybridized carbons (Fsp3) is 0.318. The highest BCUT2D eigenvalue weighted by Crippen LogP contribution is 2.25. The van der Waals surface area contributed by atoms with Crippen LogP contribution >= 0.6 is 0 Å². The predicted molar refractivity (Wildman–Crippen MR) is 105 cm³/mol. The zero-order valence-electron chi connectivity index (χ0n) is 15.9. The molecular weight excluding hydrogens is 340 g/mol. The van der Waals surface area contributed by atoms with E-state index < -0.39 is 0 Å². The molecule has 3 amide bonds. The number of nitrogens with zero attached hydrogens (tertiary/aromatic N) is 1. The summed E-state index contributed by atoms with van der Waals surface area (Å²) in [7, 11) is 0. The van der Waals surface area contributed by atoms with Gasteiger partial charge in [0.25, 0.3) is 17.7 Å². The Kier molecular flexibility index (Phi) is 5.40. The molecule has 5 nitrogen and oxygen atoms in total. The molecule has 1 aliphatic heterocycles. The van der Waals surface area contributed by atoms with Gasteiger partial charge in [0.1, 0.15) is 0 Å². The number of carbonyl (C=O) groups is 3. The maximum atomic E-state index is 12.6. The second kappa shape index (κ2) is 7.74. The summed E-state index contributed by atoms with van der Waals surface area (Å²) < 4.78 is 0. The van der Waals surface area contributed by atoms with E-state index in [1.807, 2.05) is 31.2 Å². The Labute approximate surface area is 159 Å². The van der Waals surface area contributed by atoms with Crippen LogP contribution in [-0.4, -0.2) is 29.2 Å². The Bertz CT molecular complexity index is 885. The largest absolute Gasteiger partial charge is 0.322 e. The molecule has 0 unspecified atom stereocenters. The van der Waals surface area contributed by atoms with E-state index in [0.717, 1.165) is 12.8 Å². The molecule has 0 fully saturated rings. The lowest BCUT2D eigenvalue weighted by atomic mass is 10.0. The van der Waals surface area contributed by atoms with Crippen LogP contribution in [0.1, 0.15) is 76.2 Å². The Balaban J connectivity index is 1.77. The lowest BCUT2D eigenvalue weighted by molar-refractivity contribution is 0.0652. The molecule has 27 heavy (non-hydrogen) atoms. The van der Waals surface area contributed by atoms with Crippen molar-refractivity contribution in [2.75, 3.05) is 11.9 Å². The summed E-state index contributed by atoms with van der Waals surface area (Å²) in [5.74, 6) is -0.480. The molecule has 1 aliphatic rings. The highest BCUT2D eigenvalue weighted by Gasteiger charge is 2.35. The predicted octanol–water partition coefficient (Wildman–Crippen LogP) is 4.46. The molecule has 0 radical (unpaired) electrons. The van der Waals surface area contributed by atoms with Crippen molar-refractivity contribution in [3.05, 3.63) is 64.7 Å². The first-order chi connectivity index (χ1) is 12.9. The Hall–Kier alpha value is -2.95. The number of unbranched alkanes of at least 4 members (excludes halogenated alkanes) is 1. The Morgan fingerprint density at radius 3 is 2.30 bits per heavy atom. The number of imide groups is 1. The molecule has 2 aromatic rings. The first-order valence-electron chi connectivity index (χ1n) is 9.34. The lowest BCUT2D eigenvalue weighted by Crippen LogP contribution is -2.30. The molecule has 3 rings (SSSR count). The van der Waals surface area contributed by atoms with Gasteiger partial charge in [-0.25, -0.2) is 0 Å². The van der Waals surface area contributed by atoms with Crippen LogP contribution in [-0.2, 0) is 0 Å². The summed E-state index contributed by atoms with van der Waals surface area (Å²) in [4.78, 5) is 38.7. The van der Waals surface area contributed by atoms with Gasteiger partial charge in [0.2, 0.25) is 0 Å². The number of anilines is 1. The first-order valence-corrected chi connectivity index (χ1v) is 9.34. The zero-order valence-corrected chi connectivity index (χ0v) is 15.9. The van der Waals surface area contributed by atoms with Crippen LogP contribution in [0.5, 0.6) is 0 Å². The average molecular weight is 364 g/mol. The Morgan fingerprint density at radius 2 is 1.67 bits per heavy atom. The van der Waals surface area contributed by atoms with Gasteiger partial charge < -0.3 is 5.32 Å². The number of nitrogens with one attached hydrogen (secondary N) is 1. The summed E-state index contributed by atoms with van der Waals surface area (Å²) in [6.07, 6.45) is 1.67. The topological polar surface area (TPSA) is 66.5 Å². The third kappa shape index (κ3) is 3.77. The Morgan fingerprint density at radius 1 is 1.00 bits per heavy atom. The van der Waals surface area contributed by atoms with Gasteiger partial charge in [0, 0.05) is 17.8 Å². The number of carbonyl (C=O) groups excluding carboxylic acids is 3. The van der Waals surface area contributed by atoms with Crippen LogP contribution in [0.3, 0.4) is 0 Å². The summed E-state index contributed by atoms with van der Waals surface area (Å²) in [6, 6.07) is 12.4. The van der Waals surface area contributed by atoms with Crippen molar-refractivity contribution in [2.45, 2.75) is 39.5 Å². The van der Waals surface area contributed by atoms with Crippen LogP contribution < -0.4 is 5.32 Å². The van der Waals surface area contributed by atoms with E-state index >= 15 is 0 Å². The normalized spacial score (nSPS) is 13.3. The van der Waals surface area contributed by atoms with Gasteiger partial charge in [0.15, 0.2) is 0 Å². The minimum atomic E-state index is -0.320. The van der Waals surface area contributed by atoms with Crippen LogP contribution in [0.15, 0.2) is 42.5 Å². The fourth-order valence-corrected chi connectivity index (χ4v) is 3.11. The molecule has 0 atom stereocenters. The maximum Gasteiger partial charge on any atom is 0.261 e. The van der Waals surface area contributed by atoms with Gasteiger partial charge in [0.05, 0.1) is 11.1 Å². The summed E-state index contributed by atoms with van der Waals surface area (Å²) in [5.41, 5.74) is 2.92. The molecule has 0 spiro atoms. The van der Waals surface area contributed by atoms with E-state index in [-0.39, 0.29) is 17.7 Å². The number of fused-ring (bicyclic) bond motifs is 1. The third-order valence-corrected chi connectivity index (χ3v) is 4.80. The van der Waals surface area contributed by atoms with Crippen molar-refractivity contribution < 1.29 is 14.4 Å². The van der Waals surface area contributed by atoms with Crippen molar-refractivity contribution in [2.24, 2.45) is 0 Å². The number of hydrogen-bond acceptors (Lipinski definition) is 3. The minimum absolute atomic E-state index is 0.278. The molecule has 0 aliphatic carbocycles. The van der Waals surface area contributed by atoms with Crippen molar-refractivity contribution in [1.29, 1.82) is 0 Å². The second-order valence-corrected chi connectivity index (χ2v) is 7.11. The molecule has 140 valence electrons. The molecule has 1 N–H and O–H groups in total. The number of benzene rings is 2. The standard InChI is InChI=1S/C22H24N2O3/c1-4-5-12-24-21(26)18-11-8-16(13-19(18)22(24)27)20(25)23-17-9-6-15(7-10-17)14(2)3/h6-11,13-14H,4-5,12H2,1-3H3,(H,23,25). The van der Waals surface area contributed by atoms with Gasteiger partial charge in [-0.3, -0.25) is 19.3 Å². The van der Waals surface area contributed by atoms with Crippen LogP contribution in [0.4, 0.5) is 5.69 Å². The third-order valence-electron chi connectivity index (χ3n) is 4.80. The molecule has 5 heteroatoms. The van der Waals surface area contributed by atoms with E-state index in [1.54, 1.807) is 12.1 Å².